The highest BCUT2D eigenvalue weighted by Crippen LogP contribution is 2.34. The highest BCUT2D eigenvalue weighted by atomic mass is 79.9. The molecule has 1 N–H and O–H groups in total. The molecule has 1 fully saturated rings. The highest BCUT2D eigenvalue weighted by Gasteiger charge is 2.17. The number of rotatable bonds is 3. The van der Waals surface area contributed by atoms with Crippen molar-refractivity contribution in [2.45, 2.75) is 44.1 Å². The van der Waals surface area contributed by atoms with E-state index in [1.807, 2.05) is 24.3 Å². The molecule has 2 aromatic rings. The van der Waals surface area contributed by atoms with Crippen LogP contribution >= 0.6 is 15.9 Å². The van der Waals surface area contributed by atoms with Crippen molar-refractivity contribution >= 4 is 15.9 Å². The number of halogens is 1. The van der Waals surface area contributed by atoms with Gasteiger partial charge in [-0.05, 0) is 41.5 Å². The van der Waals surface area contributed by atoms with E-state index >= 15 is 0 Å². The molecular weight excluding hydrogens is 324 g/mol. The lowest BCUT2D eigenvalue weighted by Crippen LogP contribution is -2.05. The van der Waals surface area contributed by atoms with E-state index < -0.39 is 6.10 Å². The van der Waals surface area contributed by atoms with Gasteiger partial charge in [0, 0.05) is 4.47 Å². The average Bonchev–Trinajstić information content (AvgIpc) is 2.56. The molecule has 0 aromatic heterocycles. The molecule has 1 nitrogen and oxygen atoms in total. The van der Waals surface area contributed by atoms with Crippen molar-refractivity contribution < 1.29 is 5.11 Å². The first-order valence-corrected chi connectivity index (χ1v) is 8.57. The van der Waals surface area contributed by atoms with E-state index in [1.54, 1.807) is 0 Å². The molecule has 1 saturated carbocycles. The maximum absolute atomic E-state index is 10.5. The predicted octanol–water partition coefficient (Wildman–Crippen LogP) is 5.58. The Morgan fingerprint density at radius 1 is 0.905 bits per heavy atom. The zero-order valence-corrected chi connectivity index (χ0v) is 13.7. The number of aliphatic hydroxyl groups excluding tert-OH is 1. The van der Waals surface area contributed by atoms with Gasteiger partial charge in [-0.1, -0.05) is 77.7 Å². The zero-order chi connectivity index (χ0) is 14.7. The third kappa shape index (κ3) is 3.38. The van der Waals surface area contributed by atoms with E-state index in [9.17, 15) is 5.11 Å². The van der Waals surface area contributed by atoms with Crippen molar-refractivity contribution in [3.8, 4) is 0 Å². The third-order valence-corrected chi connectivity index (χ3v) is 5.25. The Labute approximate surface area is 135 Å². The summed E-state index contributed by atoms with van der Waals surface area (Å²) in [6.07, 6.45) is 6.15. The Hall–Kier alpha value is -1.12. The summed E-state index contributed by atoms with van der Waals surface area (Å²) < 4.78 is 0.953. The van der Waals surface area contributed by atoms with E-state index in [2.05, 4.69) is 40.2 Å². The Morgan fingerprint density at radius 2 is 1.57 bits per heavy atom. The fourth-order valence-electron chi connectivity index (χ4n) is 3.26. The van der Waals surface area contributed by atoms with Crippen LogP contribution in [0.2, 0.25) is 0 Å². The van der Waals surface area contributed by atoms with Crippen LogP contribution in [0.15, 0.2) is 53.0 Å². The summed E-state index contributed by atoms with van der Waals surface area (Å²) in [7, 11) is 0. The first-order valence-electron chi connectivity index (χ1n) is 7.78. The molecule has 0 aliphatic heterocycles. The molecule has 0 saturated heterocycles. The summed E-state index contributed by atoms with van der Waals surface area (Å²) in [6.45, 7) is 0. The van der Waals surface area contributed by atoms with Gasteiger partial charge in [0.05, 0.1) is 0 Å². The summed E-state index contributed by atoms with van der Waals surface area (Å²) in [5.74, 6) is 0.716. The molecule has 21 heavy (non-hydrogen) atoms. The fourth-order valence-corrected chi connectivity index (χ4v) is 3.76. The quantitative estimate of drug-likeness (QED) is 0.770. The van der Waals surface area contributed by atoms with Crippen LogP contribution in [0.1, 0.15) is 60.8 Å². The largest absolute Gasteiger partial charge is 0.384 e. The maximum Gasteiger partial charge on any atom is 0.105 e. The summed E-state index contributed by atoms with van der Waals surface area (Å²) in [5.41, 5.74) is 3.31. The number of aliphatic hydroxyl groups is 1. The lowest BCUT2D eigenvalue weighted by Gasteiger charge is -2.22. The van der Waals surface area contributed by atoms with Crippen molar-refractivity contribution in [3.05, 3.63) is 69.7 Å². The second kappa shape index (κ2) is 6.76. The average molecular weight is 345 g/mol. The zero-order valence-electron chi connectivity index (χ0n) is 12.1. The minimum Gasteiger partial charge on any atom is -0.384 e. The third-order valence-electron chi connectivity index (χ3n) is 4.53. The topological polar surface area (TPSA) is 20.2 Å². The molecule has 2 aromatic carbocycles. The van der Waals surface area contributed by atoms with E-state index in [4.69, 9.17) is 0 Å². The maximum atomic E-state index is 10.5. The molecule has 110 valence electrons. The van der Waals surface area contributed by atoms with E-state index in [0.29, 0.717) is 5.92 Å². The summed E-state index contributed by atoms with van der Waals surface area (Å²) in [5, 5.41) is 10.5. The van der Waals surface area contributed by atoms with Crippen LogP contribution in [0.3, 0.4) is 0 Å². The summed E-state index contributed by atoms with van der Waals surface area (Å²) >= 11 is 3.51. The van der Waals surface area contributed by atoms with Crippen molar-refractivity contribution in [2.24, 2.45) is 0 Å². The molecule has 0 bridgehead atoms. The van der Waals surface area contributed by atoms with E-state index in [0.717, 1.165) is 15.6 Å². The molecule has 1 atom stereocenters. The minimum absolute atomic E-state index is 0.569. The molecule has 0 heterocycles. The van der Waals surface area contributed by atoms with Gasteiger partial charge in [0.15, 0.2) is 0 Å². The van der Waals surface area contributed by atoms with Gasteiger partial charge in [-0.15, -0.1) is 0 Å². The Balaban J connectivity index is 1.79. The Kier molecular flexibility index (Phi) is 4.77. The summed E-state index contributed by atoms with van der Waals surface area (Å²) in [6, 6.07) is 16.4. The molecule has 2 heteroatoms. The first-order chi connectivity index (χ1) is 10.3. The standard InChI is InChI=1S/C19H21BrO/c20-18-9-5-4-8-17(18)19(21)16-12-10-15(11-13-16)14-6-2-1-3-7-14/h4-5,8-14,19,21H,1-3,6-7H2. The van der Waals surface area contributed by atoms with Gasteiger partial charge in [0.25, 0.3) is 0 Å². The van der Waals surface area contributed by atoms with E-state index in [-0.39, 0.29) is 0 Å². The Morgan fingerprint density at radius 3 is 2.24 bits per heavy atom. The highest BCUT2D eigenvalue weighted by molar-refractivity contribution is 9.10. The molecule has 1 aliphatic carbocycles. The Bertz CT molecular complexity index is 585. The van der Waals surface area contributed by atoms with Gasteiger partial charge in [-0.25, -0.2) is 0 Å². The van der Waals surface area contributed by atoms with Crippen LogP contribution in [0.5, 0.6) is 0 Å². The normalized spacial score (nSPS) is 17.6. The first kappa shape index (κ1) is 14.8. The van der Waals surface area contributed by atoms with Gasteiger partial charge >= 0.3 is 0 Å². The molecule has 1 unspecified atom stereocenters. The van der Waals surface area contributed by atoms with Crippen LogP contribution in [0, 0.1) is 0 Å². The van der Waals surface area contributed by atoms with Crippen molar-refractivity contribution in [2.75, 3.05) is 0 Å². The van der Waals surface area contributed by atoms with Crippen LogP contribution < -0.4 is 0 Å². The van der Waals surface area contributed by atoms with Crippen LogP contribution in [0.25, 0.3) is 0 Å². The number of benzene rings is 2. The molecule has 0 spiro atoms. The predicted molar refractivity (Wildman–Crippen MR) is 90.5 cm³/mol. The van der Waals surface area contributed by atoms with Gasteiger partial charge < -0.3 is 5.11 Å². The van der Waals surface area contributed by atoms with Crippen LogP contribution in [-0.2, 0) is 0 Å². The van der Waals surface area contributed by atoms with E-state index in [1.165, 1.54) is 37.7 Å². The van der Waals surface area contributed by atoms with Crippen LogP contribution in [-0.4, -0.2) is 5.11 Å². The van der Waals surface area contributed by atoms with Crippen LogP contribution in [0.4, 0.5) is 0 Å². The number of hydrogen-bond acceptors (Lipinski definition) is 1. The van der Waals surface area contributed by atoms with Gasteiger partial charge in [0.1, 0.15) is 6.10 Å². The van der Waals surface area contributed by atoms with Crippen molar-refractivity contribution in [1.82, 2.24) is 0 Å². The van der Waals surface area contributed by atoms with Gasteiger partial charge in [-0.2, -0.15) is 0 Å². The lowest BCUT2D eigenvalue weighted by atomic mass is 9.83. The van der Waals surface area contributed by atoms with Crippen molar-refractivity contribution in [3.63, 3.8) is 0 Å². The lowest BCUT2D eigenvalue weighted by molar-refractivity contribution is 0.219. The molecule has 0 amide bonds. The molecule has 1 aliphatic rings. The SMILES string of the molecule is OC(c1ccc(C2CCCCC2)cc1)c1ccccc1Br. The monoisotopic (exact) mass is 344 g/mol. The minimum atomic E-state index is -0.569. The number of hydrogen-bond donors (Lipinski definition) is 1. The van der Waals surface area contributed by atoms with Gasteiger partial charge in [-0.3, -0.25) is 0 Å². The van der Waals surface area contributed by atoms with Crippen molar-refractivity contribution in [1.29, 1.82) is 0 Å². The second-order valence-corrected chi connectivity index (χ2v) is 6.78. The molecule has 3 rings (SSSR count). The fraction of sp³-hybridized carbons (Fsp3) is 0.368. The van der Waals surface area contributed by atoms with Gasteiger partial charge in [0.2, 0.25) is 0 Å². The molecular formula is C19H21BrO. The second-order valence-electron chi connectivity index (χ2n) is 5.93. The smallest absolute Gasteiger partial charge is 0.105 e. The summed E-state index contributed by atoms with van der Waals surface area (Å²) in [4.78, 5) is 0. The molecule has 0 radical (unpaired) electrons.